The molecule has 0 aliphatic rings. The van der Waals surface area contributed by atoms with E-state index in [-0.39, 0.29) is 5.56 Å². The number of hydrogen-bond donors (Lipinski definition) is 1. The summed E-state index contributed by atoms with van der Waals surface area (Å²) in [5.41, 5.74) is -0.109. The number of halogens is 4. The predicted molar refractivity (Wildman–Crippen MR) is 83.2 cm³/mol. The van der Waals surface area contributed by atoms with E-state index >= 15 is 0 Å². The van der Waals surface area contributed by atoms with Crippen LogP contribution in [0.15, 0.2) is 30.3 Å². The number of anilines is 1. The number of carbonyl (C=O) groups is 1. The lowest BCUT2D eigenvalue weighted by Gasteiger charge is -2.10. The molecule has 2 aromatic rings. The van der Waals surface area contributed by atoms with Crippen LogP contribution >= 0.6 is 34.2 Å². The molecule has 0 aliphatic carbocycles. The Labute approximate surface area is 133 Å². The maximum atomic E-state index is 13.8. The highest BCUT2D eigenvalue weighted by atomic mass is 127. The lowest BCUT2D eigenvalue weighted by atomic mass is 10.1. The van der Waals surface area contributed by atoms with Crippen LogP contribution in [0.5, 0.6) is 0 Å². The molecule has 0 aromatic heterocycles. The Balaban J connectivity index is 2.36. The van der Waals surface area contributed by atoms with E-state index in [1.165, 1.54) is 13.0 Å². The summed E-state index contributed by atoms with van der Waals surface area (Å²) in [5, 5.41) is 2.71. The zero-order valence-corrected chi connectivity index (χ0v) is 13.2. The molecule has 2 aromatic carbocycles. The van der Waals surface area contributed by atoms with Crippen LogP contribution in [0.1, 0.15) is 15.9 Å². The summed E-state index contributed by atoms with van der Waals surface area (Å²) in [7, 11) is 0. The molecule has 0 heterocycles. The molecule has 0 bridgehead atoms. The zero-order valence-electron chi connectivity index (χ0n) is 10.3. The summed E-state index contributed by atoms with van der Waals surface area (Å²) in [4.78, 5) is 12.0. The first-order valence-corrected chi connectivity index (χ1v) is 7.07. The van der Waals surface area contributed by atoms with Gasteiger partial charge >= 0.3 is 0 Å². The molecule has 0 radical (unpaired) electrons. The second-order valence-electron chi connectivity index (χ2n) is 4.13. The molecule has 1 N–H and O–H groups in total. The fraction of sp³-hybridized carbons (Fsp3) is 0.0714. The van der Waals surface area contributed by atoms with Gasteiger partial charge < -0.3 is 5.32 Å². The molecule has 0 fully saturated rings. The van der Waals surface area contributed by atoms with Crippen LogP contribution in [0, 0.1) is 22.1 Å². The molecule has 0 saturated heterocycles. The maximum absolute atomic E-state index is 13.8. The average Bonchev–Trinajstić information content (AvgIpc) is 2.38. The van der Waals surface area contributed by atoms with Gasteiger partial charge in [-0.2, -0.15) is 0 Å². The van der Waals surface area contributed by atoms with Gasteiger partial charge in [-0.15, -0.1) is 0 Å². The molecule has 1 amide bonds. The van der Waals surface area contributed by atoms with Crippen molar-refractivity contribution in [2.24, 2.45) is 0 Å². The Morgan fingerprint density at radius 1 is 1.25 bits per heavy atom. The molecule has 0 unspecified atom stereocenters. The van der Waals surface area contributed by atoms with Crippen LogP contribution in [0.3, 0.4) is 0 Å². The van der Waals surface area contributed by atoms with Gasteiger partial charge in [0.1, 0.15) is 17.2 Å². The minimum Gasteiger partial charge on any atom is -0.320 e. The first-order chi connectivity index (χ1) is 9.40. The summed E-state index contributed by atoms with van der Waals surface area (Å²) in [6, 6.07) is 7.28. The van der Waals surface area contributed by atoms with Crippen molar-refractivity contribution in [2.75, 3.05) is 5.32 Å². The van der Waals surface area contributed by atoms with Crippen molar-refractivity contribution in [3.05, 3.63) is 61.7 Å². The molecular weight excluding hydrogens is 399 g/mol. The van der Waals surface area contributed by atoms with E-state index < -0.39 is 23.1 Å². The van der Waals surface area contributed by atoms with Crippen molar-refractivity contribution in [3.8, 4) is 0 Å². The summed E-state index contributed by atoms with van der Waals surface area (Å²) >= 11 is 8.03. The van der Waals surface area contributed by atoms with E-state index in [0.29, 0.717) is 10.7 Å². The number of carbonyl (C=O) groups excluding carboxylic acids is 1. The van der Waals surface area contributed by atoms with E-state index in [4.69, 9.17) is 11.6 Å². The molecule has 2 rings (SSSR count). The summed E-state index contributed by atoms with van der Waals surface area (Å²) in [6.07, 6.45) is 0. The SMILES string of the molecule is Cc1ccc(F)c(C(=O)Nc2ccc(I)cc2Cl)c1F. The summed E-state index contributed by atoms with van der Waals surface area (Å²) in [5.74, 6) is -2.65. The Kier molecular flexibility index (Phi) is 4.59. The van der Waals surface area contributed by atoms with Crippen LogP contribution in [0.4, 0.5) is 14.5 Å². The normalized spacial score (nSPS) is 10.4. The molecule has 20 heavy (non-hydrogen) atoms. The minimum atomic E-state index is -0.910. The molecule has 2 nitrogen and oxygen atoms in total. The van der Waals surface area contributed by atoms with Gasteiger partial charge in [-0.25, -0.2) is 8.78 Å². The molecule has 6 heteroatoms. The van der Waals surface area contributed by atoms with Crippen LogP contribution in [0.2, 0.25) is 5.02 Å². The number of amides is 1. The standard InChI is InChI=1S/C14H9ClF2INO/c1-7-2-4-10(16)12(13(7)17)14(20)19-11-5-3-8(18)6-9(11)15/h2-6H,1H3,(H,19,20). The van der Waals surface area contributed by atoms with Gasteiger partial charge in [0.25, 0.3) is 5.91 Å². The van der Waals surface area contributed by atoms with Gasteiger partial charge in [0.15, 0.2) is 0 Å². The highest BCUT2D eigenvalue weighted by Crippen LogP contribution is 2.25. The van der Waals surface area contributed by atoms with Gasteiger partial charge in [0.05, 0.1) is 10.7 Å². The van der Waals surface area contributed by atoms with E-state index in [2.05, 4.69) is 27.9 Å². The average molecular weight is 408 g/mol. The third kappa shape index (κ3) is 3.09. The Morgan fingerprint density at radius 2 is 1.95 bits per heavy atom. The van der Waals surface area contributed by atoms with Crippen LogP contribution < -0.4 is 5.32 Å². The fourth-order valence-corrected chi connectivity index (χ4v) is 2.54. The molecule has 0 aliphatic heterocycles. The molecular formula is C14H9ClF2INO. The fourth-order valence-electron chi connectivity index (χ4n) is 1.64. The molecule has 0 spiro atoms. The van der Waals surface area contributed by atoms with Crippen molar-refractivity contribution in [1.29, 1.82) is 0 Å². The van der Waals surface area contributed by atoms with E-state index in [1.807, 2.05) is 0 Å². The number of hydrogen-bond acceptors (Lipinski definition) is 1. The second-order valence-corrected chi connectivity index (χ2v) is 5.78. The molecule has 0 saturated carbocycles. The predicted octanol–water partition coefficient (Wildman–Crippen LogP) is 4.78. The third-order valence-corrected chi connectivity index (χ3v) is 3.67. The lowest BCUT2D eigenvalue weighted by Crippen LogP contribution is -2.16. The van der Waals surface area contributed by atoms with Crippen molar-refractivity contribution in [1.82, 2.24) is 0 Å². The Bertz CT molecular complexity index is 691. The van der Waals surface area contributed by atoms with Crippen molar-refractivity contribution >= 4 is 45.8 Å². The van der Waals surface area contributed by atoms with Crippen LogP contribution in [0.25, 0.3) is 0 Å². The Hall–Kier alpha value is -1.21. The molecule has 0 atom stereocenters. The summed E-state index contributed by atoms with van der Waals surface area (Å²) in [6.45, 7) is 1.46. The minimum absolute atomic E-state index is 0.199. The first kappa shape index (κ1) is 15.2. The smallest absolute Gasteiger partial charge is 0.261 e. The number of rotatable bonds is 2. The summed E-state index contributed by atoms with van der Waals surface area (Å²) < 4.78 is 28.3. The maximum Gasteiger partial charge on any atom is 0.261 e. The van der Waals surface area contributed by atoms with Crippen molar-refractivity contribution in [3.63, 3.8) is 0 Å². The zero-order chi connectivity index (χ0) is 14.9. The van der Waals surface area contributed by atoms with Gasteiger partial charge in [0, 0.05) is 3.57 Å². The number of aryl methyl sites for hydroxylation is 1. The highest BCUT2D eigenvalue weighted by Gasteiger charge is 2.19. The Morgan fingerprint density at radius 3 is 2.60 bits per heavy atom. The first-order valence-electron chi connectivity index (χ1n) is 5.61. The van der Waals surface area contributed by atoms with Crippen LogP contribution in [-0.4, -0.2) is 5.91 Å². The van der Waals surface area contributed by atoms with Crippen LogP contribution in [-0.2, 0) is 0 Å². The number of benzene rings is 2. The van der Waals surface area contributed by atoms with E-state index in [1.54, 1.807) is 18.2 Å². The quantitative estimate of drug-likeness (QED) is 0.713. The largest absolute Gasteiger partial charge is 0.320 e. The van der Waals surface area contributed by atoms with Gasteiger partial charge in [-0.1, -0.05) is 17.7 Å². The second kappa shape index (κ2) is 6.05. The van der Waals surface area contributed by atoms with Gasteiger partial charge in [0.2, 0.25) is 0 Å². The third-order valence-electron chi connectivity index (χ3n) is 2.69. The van der Waals surface area contributed by atoms with Crippen molar-refractivity contribution in [2.45, 2.75) is 6.92 Å². The van der Waals surface area contributed by atoms with Gasteiger partial charge in [-0.3, -0.25) is 4.79 Å². The topological polar surface area (TPSA) is 29.1 Å². The highest BCUT2D eigenvalue weighted by molar-refractivity contribution is 14.1. The lowest BCUT2D eigenvalue weighted by molar-refractivity contribution is 0.101. The van der Waals surface area contributed by atoms with Gasteiger partial charge in [-0.05, 0) is 59.3 Å². The number of nitrogens with one attached hydrogen (secondary N) is 1. The van der Waals surface area contributed by atoms with E-state index in [0.717, 1.165) is 9.64 Å². The van der Waals surface area contributed by atoms with Crippen molar-refractivity contribution < 1.29 is 13.6 Å². The van der Waals surface area contributed by atoms with E-state index in [9.17, 15) is 13.6 Å². The monoisotopic (exact) mass is 407 g/mol. The molecule has 104 valence electrons.